The molecule has 0 aliphatic carbocycles. The Morgan fingerprint density at radius 3 is 2.45 bits per heavy atom. The lowest BCUT2D eigenvalue weighted by Gasteiger charge is -2.35. The van der Waals surface area contributed by atoms with Gasteiger partial charge in [-0.2, -0.15) is 0 Å². The monoisotopic (exact) mass is 388 g/mol. The zero-order valence-corrected chi connectivity index (χ0v) is 16.7. The van der Waals surface area contributed by atoms with E-state index < -0.39 is 0 Å². The first-order valence-electron chi connectivity index (χ1n) is 9.74. The highest BCUT2D eigenvalue weighted by Crippen LogP contribution is 2.20. The first kappa shape index (κ1) is 18.9. The average molecular weight is 388 g/mol. The fourth-order valence-corrected chi connectivity index (χ4v) is 3.43. The fourth-order valence-electron chi connectivity index (χ4n) is 3.43. The summed E-state index contributed by atoms with van der Waals surface area (Å²) in [7, 11) is 0. The minimum atomic E-state index is -0.0657. The van der Waals surface area contributed by atoms with Crippen molar-refractivity contribution in [3.63, 3.8) is 0 Å². The van der Waals surface area contributed by atoms with Crippen molar-refractivity contribution in [2.45, 2.75) is 13.8 Å². The van der Waals surface area contributed by atoms with Crippen LogP contribution in [-0.2, 0) is 0 Å². The van der Waals surface area contributed by atoms with Crippen molar-refractivity contribution >= 4 is 23.2 Å². The Bertz CT molecular complexity index is 999. The quantitative estimate of drug-likeness (QED) is 0.740. The molecule has 4 rings (SSSR count). The van der Waals surface area contributed by atoms with Gasteiger partial charge in [0.1, 0.15) is 23.2 Å². The number of benzene rings is 1. The highest BCUT2D eigenvalue weighted by molar-refractivity contribution is 5.93. The number of amides is 1. The number of nitrogens with one attached hydrogen (secondary N) is 1. The van der Waals surface area contributed by atoms with E-state index in [2.05, 4.69) is 25.2 Å². The molecule has 1 aromatic carbocycles. The molecule has 1 aliphatic rings. The molecule has 0 radical (unpaired) electrons. The molecule has 1 amide bonds. The van der Waals surface area contributed by atoms with Crippen molar-refractivity contribution in [3.8, 4) is 0 Å². The van der Waals surface area contributed by atoms with Crippen LogP contribution >= 0.6 is 0 Å². The molecule has 29 heavy (non-hydrogen) atoms. The maximum absolute atomic E-state index is 13.0. The second-order valence-corrected chi connectivity index (χ2v) is 7.09. The van der Waals surface area contributed by atoms with Crippen LogP contribution in [0.15, 0.2) is 54.7 Å². The van der Waals surface area contributed by atoms with Crippen LogP contribution in [0.2, 0.25) is 0 Å². The number of aryl methyl sites for hydroxylation is 2. The first-order valence-corrected chi connectivity index (χ1v) is 9.74. The van der Waals surface area contributed by atoms with Crippen molar-refractivity contribution in [2.75, 3.05) is 36.4 Å². The lowest BCUT2D eigenvalue weighted by molar-refractivity contribution is 0.0740. The van der Waals surface area contributed by atoms with Gasteiger partial charge in [0.15, 0.2) is 0 Å². The number of hydrogen-bond acceptors (Lipinski definition) is 6. The lowest BCUT2D eigenvalue weighted by Crippen LogP contribution is -2.49. The molecule has 0 unspecified atom stereocenters. The molecular weight excluding hydrogens is 364 g/mol. The van der Waals surface area contributed by atoms with Crippen molar-refractivity contribution in [2.24, 2.45) is 0 Å². The number of para-hydroxylation sites is 1. The van der Waals surface area contributed by atoms with Gasteiger partial charge in [0.25, 0.3) is 5.91 Å². The Morgan fingerprint density at radius 2 is 1.72 bits per heavy atom. The second kappa shape index (κ2) is 8.26. The van der Waals surface area contributed by atoms with Crippen LogP contribution in [0.25, 0.3) is 0 Å². The zero-order chi connectivity index (χ0) is 20.2. The predicted molar refractivity (Wildman–Crippen MR) is 114 cm³/mol. The molecule has 1 aliphatic heterocycles. The molecule has 3 heterocycles. The number of nitrogens with zero attached hydrogens (tertiary/aromatic N) is 5. The average Bonchev–Trinajstić information content (AvgIpc) is 2.75. The number of pyridine rings is 1. The summed E-state index contributed by atoms with van der Waals surface area (Å²) >= 11 is 0. The fraction of sp³-hybridized carbons (Fsp3) is 0.273. The number of aromatic nitrogens is 3. The van der Waals surface area contributed by atoms with Gasteiger partial charge in [-0.15, -0.1) is 0 Å². The third-order valence-electron chi connectivity index (χ3n) is 5.01. The van der Waals surface area contributed by atoms with E-state index in [1.54, 1.807) is 19.2 Å². The van der Waals surface area contributed by atoms with Gasteiger partial charge in [-0.3, -0.25) is 4.79 Å². The summed E-state index contributed by atoms with van der Waals surface area (Å²) in [5.74, 6) is 2.08. The second-order valence-electron chi connectivity index (χ2n) is 7.09. The Morgan fingerprint density at radius 1 is 0.966 bits per heavy atom. The van der Waals surface area contributed by atoms with Gasteiger partial charge >= 0.3 is 0 Å². The topological polar surface area (TPSA) is 74.2 Å². The highest BCUT2D eigenvalue weighted by atomic mass is 16.2. The van der Waals surface area contributed by atoms with Crippen LogP contribution in [-0.4, -0.2) is 51.9 Å². The summed E-state index contributed by atoms with van der Waals surface area (Å²) in [5.41, 5.74) is 2.50. The number of rotatable bonds is 4. The summed E-state index contributed by atoms with van der Waals surface area (Å²) in [6.07, 6.45) is 1.79. The molecule has 0 spiro atoms. The van der Waals surface area contributed by atoms with E-state index in [0.29, 0.717) is 30.4 Å². The molecule has 2 aromatic heterocycles. The summed E-state index contributed by atoms with van der Waals surface area (Å²) in [6, 6.07) is 15.6. The van der Waals surface area contributed by atoms with E-state index in [1.165, 1.54) is 0 Å². The molecule has 3 aromatic rings. The number of piperazine rings is 1. The van der Waals surface area contributed by atoms with Gasteiger partial charge in [-0.05, 0) is 37.6 Å². The van der Waals surface area contributed by atoms with E-state index in [0.717, 1.165) is 30.2 Å². The predicted octanol–water partition coefficient (Wildman–Crippen LogP) is 3.19. The summed E-state index contributed by atoms with van der Waals surface area (Å²) < 4.78 is 0. The van der Waals surface area contributed by atoms with E-state index in [1.807, 2.05) is 54.3 Å². The number of anilines is 3. The van der Waals surface area contributed by atoms with Crippen molar-refractivity contribution < 1.29 is 4.79 Å². The minimum absolute atomic E-state index is 0.0657. The van der Waals surface area contributed by atoms with E-state index >= 15 is 0 Å². The van der Waals surface area contributed by atoms with E-state index in [-0.39, 0.29) is 5.91 Å². The van der Waals surface area contributed by atoms with Crippen LogP contribution in [0.4, 0.5) is 17.3 Å². The normalized spacial score (nSPS) is 14.0. The summed E-state index contributed by atoms with van der Waals surface area (Å²) in [6.45, 7) is 6.61. The molecule has 0 atom stereocenters. The molecule has 1 saturated heterocycles. The molecule has 1 fully saturated rings. The third kappa shape index (κ3) is 4.34. The Balaban J connectivity index is 1.46. The lowest BCUT2D eigenvalue weighted by atomic mass is 10.2. The highest BCUT2D eigenvalue weighted by Gasteiger charge is 2.24. The third-order valence-corrected chi connectivity index (χ3v) is 5.01. The molecule has 1 N–H and O–H groups in total. The van der Waals surface area contributed by atoms with E-state index in [9.17, 15) is 4.79 Å². The Labute approximate surface area is 170 Å². The molecule has 0 bridgehead atoms. The standard InChI is InChI=1S/C22H24N6O/c1-16-7-3-4-8-18(16)26-20-15-19(24-17(2)25-20)22(29)28-13-11-27(12-14-28)21-9-5-6-10-23-21/h3-10,15H,11-14H2,1-2H3,(H,24,25,26). The molecule has 0 saturated carbocycles. The maximum Gasteiger partial charge on any atom is 0.272 e. The van der Waals surface area contributed by atoms with Crippen LogP contribution in [0, 0.1) is 13.8 Å². The van der Waals surface area contributed by atoms with Gasteiger partial charge in [-0.1, -0.05) is 24.3 Å². The Hall–Kier alpha value is -3.48. The van der Waals surface area contributed by atoms with Gasteiger partial charge in [0, 0.05) is 44.1 Å². The number of carbonyl (C=O) groups is 1. The van der Waals surface area contributed by atoms with Crippen molar-refractivity contribution in [1.29, 1.82) is 0 Å². The molecule has 7 heteroatoms. The zero-order valence-electron chi connectivity index (χ0n) is 16.7. The smallest absolute Gasteiger partial charge is 0.272 e. The van der Waals surface area contributed by atoms with Crippen LogP contribution < -0.4 is 10.2 Å². The molecule has 7 nitrogen and oxygen atoms in total. The summed E-state index contributed by atoms with van der Waals surface area (Å²) in [4.78, 5) is 30.3. The van der Waals surface area contributed by atoms with Gasteiger partial charge in [-0.25, -0.2) is 15.0 Å². The van der Waals surface area contributed by atoms with Crippen LogP contribution in [0.3, 0.4) is 0 Å². The SMILES string of the molecule is Cc1nc(Nc2ccccc2C)cc(C(=O)N2CCN(c3ccccn3)CC2)n1. The van der Waals surface area contributed by atoms with Crippen molar-refractivity contribution in [3.05, 3.63) is 71.8 Å². The van der Waals surface area contributed by atoms with Crippen molar-refractivity contribution in [1.82, 2.24) is 19.9 Å². The molecule has 148 valence electrons. The maximum atomic E-state index is 13.0. The van der Waals surface area contributed by atoms with E-state index in [4.69, 9.17) is 0 Å². The van der Waals surface area contributed by atoms with Crippen LogP contribution in [0.1, 0.15) is 21.9 Å². The van der Waals surface area contributed by atoms with Gasteiger partial charge in [0.2, 0.25) is 0 Å². The Kier molecular flexibility index (Phi) is 5.37. The van der Waals surface area contributed by atoms with Crippen LogP contribution in [0.5, 0.6) is 0 Å². The number of carbonyl (C=O) groups excluding carboxylic acids is 1. The molecular formula is C22H24N6O. The largest absolute Gasteiger partial charge is 0.353 e. The number of hydrogen-bond donors (Lipinski definition) is 1. The minimum Gasteiger partial charge on any atom is -0.353 e. The van der Waals surface area contributed by atoms with Gasteiger partial charge < -0.3 is 15.1 Å². The first-order chi connectivity index (χ1) is 14.1. The summed E-state index contributed by atoms with van der Waals surface area (Å²) in [5, 5.41) is 3.30. The van der Waals surface area contributed by atoms with Gasteiger partial charge in [0.05, 0.1) is 0 Å².